The van der Waals surface area contributed by atoms with Gasteiger partial charge < -0.3 is 5.73 Å². The average molecular weight is 200 g/mol. The van der Waals surface area contributed by atoms with E-state index in [0.717, 1.165) is 12.5 Å². The molecule has 13 heavy (non-hydrogen) atoms. The van der Waals surface area contributed by atoms with Gasteiger partial charge in [0.1, 0.15) is 0 Å². The van der Waals surface area contributed by atoms with Gasteiger partial charge in [-0.1, -0.05) is 6.92 Å². The lowest BCUT2D eigenvalue weighted by molar-refractivity contribution is 0.176. The Labute approximate surface area is 85.2 Å². The molecule has 3 heteroatoms. The van der Waals surface area contributed by atoms with Crippen molar-refractivity contribution in [3.05, 3.63) is 0 Å². The fourth-order valence-electron chi connectivity index (χ4n) is 2.20. The third-order valence-corrected chi connectivity index (χ3v) is 4.59. The van der Waals surface area contributed by atoms with Crippen LogP contribution in [0, 0.1) is 5.92 Å². The summed E-state index contributed by atoms with van der Waals surface area (Å²) in [7, 11) is 0. The van der Waals surface area contributed by atoms with E-state index in [1.54, 1.807) is 0 Å². The maximum absolute atomic E-state index is 5.85. The molecule has 2 N–H and O–H groups in total. The van der Waals surface area contributed by atoms with E-state index in [0.29, 0.717) is 5.54 Å². The Balaban J connectivity index is 1.97. The molecule has 2 fully saturated rings. The first-order chi connectivity index (χ1) is 6.27. The van der Waals surface area contributed by atoms with Crippen LogP contribution >= 0.6 is 11.8 Å². The van der Waals surface area contributed by atoms with Gasteiger partial charge >= 0.3 is 0 Å². The van der Waals surface area contributed by atoms with Crippen molar-refractivity contribution in [1.29, 1.82) is 0 Å². The van der Waals surface area contributed by atoms with Crippen molar-refractivity contribution >= 4 is 11.8 Å². The van der Waals surface area contributed by atoms with Crippen LogP contribution in [-0.2, 0) is 0 Å². The summed E-state index contributed by atoms with van der Waals surface area (Å²) in [5, 5.41) is 0. The van der Waals surface area contributed by atoms with Crippen LogP contribution in [0.3, 0.4) is 0 Å². The molecule has 0 aromatic heterocycles. The minimum absolute atomic E-state index is 0.430. The molecule has 2 nitrogen and oxygen atoms in total. The quantitative estimate of drug-likeness (QED) is 0.725. The molecule has 1 unspecified atom stereocenters. The molecule has 2 aliphatic rings. The van der Waals surface area contributed by atoms with Crippen LogP contribution in [0.15, 0.2) is 0 Å². The minimum atomic E-state index is 0.430. The third-order valence-electron chi connectivity index (χ3n) is 3.32. The monoisotopic (exact) mass is 200 g/mol. The smallest absolute Gasteiger partial charge is 0.0333 e. The number of nitrogens with two attached hydrogens (primary N) is 1. The zero-order valence-electron chi connectivity index (χ0n) is 8.46. The summed E-state index contributed by atoms with van der Waals surface area (Å²) in [6.07, 6.45) is 2.67. The third kappa shape index (κ3) is 2.03. The van der Waals surface area contributed by atoms with Crippen molar-refractivity contribution in [3.8, 4) is 0 Å². The highest BCUT2D eigenvalue weighted by Gasteiger charge is 2.46. The number of hydrogen-bond donors (Lipinski definition) is 1. The lowest BCUT2D eigenvalue weighted by Gasteiger charge is -2.30. The van der Waals surface area contributed by atoms with Gasteiger partial charge in [0.05, 0.1) is 0 Å². The van der Waals surface area contributed by atoms with Crippen LogP contribution in [0.1, 0.15) is 19.8 Å². The highest BCUT2D eigenvalue weighted by Crippen LogP contribution is 2.41. The first-order valence-corrected chi connectivity index (χ1v) is 6.45. The normalized spacial score (nSPS) is 34.2. The van der Waals surface area contributed by atoms with Gasteiger partial charge in [-0.25, -0.2) is 0 Å². The molecule has 1 aliphatic carbocycles. The molecular formula is C10H20N2S. The summed E-state index contributed by atoms with van der Waals surface area (Å²) in [6.45, 7) is 5.75. The summed E-state index contributed by atoms with van der Waals surface area (Å²) in [6, 6.07) is 0. The van der Waals surface area contributed by atoms with E-state index in [2.05, 4.69) is 23.6 Å². The van der Waals surface area contributed by atoms with Crippen molar-refractivity contribution < 1.29 is 0 Å². The Morgan fingerprint density at radius 2 is 2.31 bits per heavy atom. The van der Waals surface area contributed by atoms with Gasteiger partial charge in [0.25, 0.3) is 0 Å². The fourth-order valence-corrected chi connectivity index (χ4v) is 3.23. The van der Waals surface area contributed by atoms with Crippen LogP contribution in [0.2, 0.25) is 0 Å². The second-order valence-electron chi connectivity index (χ2n) is 4.55. The van der Waals surface area contributed by atoms with Gasteiger partial charge in [-0.3, -0.25) is 4.90 Å². The van der Waals surface area contributed by atoms with E-state index >= 15 is 0 Å². The summed E-state index contributed by atoms with van der Waals surface area (Å²) in [5.74, 6) is 3.47. The fraction of sp³-hybridized carbons (Fsp3) is 1.00. The van der Waals surface area contributed by atoms with Crippen LogP contribution in [0.4, 0.5) is 0 Å². The second kappa shape index (κ2) is 3.79. The molecule has 0 aromatic carbocycles. The van der Waals surface area contributed by atoms with Crippen LogP contribution in [0.5, 0.6) is 0 Å². The molecule has 2 rings (SSSR count). The minimum Gasteiger partial charge on any atom is -0.329 e. The highest BCUT2D eigenvalue weighted by atomic mass is 32.2. The Morgan fingerprint density at radius 1 is 1.54 bits per heavy atom. The van der Waals surface area contributed by atoms with Crippen molar-refractivity contribution in [3.63, 3.8) is 0 Å². The topological polar surface area (TPSA) is 29.3 Å². The van der Waals surface area contributed by atoms with Gasteiger partial charge in [0.15, 0.2) is 0 Å². The standard InChI is InChI=1S/C10H20N2S/c1-9-6-12(4-5-13-7-9)10(8-11)2-3-10/h9H,2-8,11H2,1H3. The van der Waals surface area contributed by atoms with Gasteiger partial charge in [0.2, 0.25) is 0 Å². The molecule has 0 amide bonds. The van der Waals surface area contributed by atoms with Gasteiger partial charge in [-0.05, 0) is 24.5 Å². The lowest BCUT2D eigenvalue weighted by atomic mass is 10.1. The largest absolute Gasteiger partial charge is 0.329 e. The molecule has 1 saturated heterocycles. The Morgan fingerprint density at radius 3 is 2.92 bits per heavy atom. The maximum Gasteiger partial charge on any atom is 0.0333 e. The lowest BCUT2D eigenvalue weighted by Crippen LogP contribution is -2.45. The summed E-state index contributed by atoms with van der Waals surface area (Å²) in [4.78, 5) is 2.65. The van der Waals surface area contributed by atoms with Gasteiger partial charge in [-0.15, -0.1) is 0 Å². The Bertz CT molecular complexity index is 180. The van der Waals surface area contributed by atoms with Gasteiger partial charge in [0, 0.05) is 30.9 Å². The molecule has 0 spiro atoms. The first-order valence-electron chi connectivity index (χ1n) is 5.30. The van der Waals surface area contributed by atoms with Crippen molar-refractivity contribution in [1.82, 2.24) is 4.90 Å². The molecule has 0 radical (unpaired) electrons. The molecule has 1 heterocycles. The maximum atomic E-state index is 5.85. The molecule has 76 valence electrons. The van der Waals surface area contributed by atoms with Crippen LogP contribution < -0.4 is 5.73 Å². The van der Waals surface area contributed by atoms with E-state index in [9.17, 15) is 0 Å². The summed E-state index contributed by atoms with van der Waals surface area (Å²) in [5.41, 5.74) is 6.28. The number of thioether (sulfide) groups is 1. The second-order valence-corrected chi connectivity index (χ2v) is 5.70. The molecule has 0 bridgehead atoms. The summed E-state index contributed by atoms with van der Waals surface area (Å²) >= 11 is 2.10. The zero-order chi connectivity index (χ0) is 9.31. The van der Waals surface area contributed by atoms with E-state index in [1.807, 2.05) is 0 Å². The molecule has 1 aliphatic heterocycles. The van der Waals surface area contributed by atoms with Crippen molar-refractivity contribution in [2.24, 2.45) is 11.7 Å². The first kappa shape index (κ1) is 9.81. The Kier molecular flexibility index (Phi) is 2.86. The number of nitrogens with zero attached hydrogens (tertiary/aromatic N) is 1. The molecular weight excluding hydrogens is 180 g/mol. The average Bonchev–Trinajstić information content (AvgIpc) is 2.89. The van der Waals surface area contributed by atoms with Crippen molar-refractivity contribution in [2.45, 2.75) is 25.3 Å². The van der Waals surface area contributed by atoms with E-state index in [1.165, 1.54) is 37.4 Å². The molecule has 1 saturated carbocycles. The number of hydrogen-bond acceptors (Lipinski definition) is 3. The van der Waals surface area contributed by atoms with Crippen molar-refractivity contribution in [2.75, 3.05) is 31.1 Å². The summed E-state index contributed by atoms with van der Waals surface area (Å²) < 4.78 is 0. The predicted molar refractivity (Wildman–Crippen MR) is 59.1 cm³/mol. The highest BCUT2D eigenvalue weighted by molar-refractivity contribution is 7.99. The van der Waals surface area contributed by atoms with E-state index in [-0.39, 0.29) is 0 Å². The molecule has 1 atom stereocenters. The predicted octanol–water partition coefficient (Wildman–Crippen LogP) is 1.16. The van der Waals surface area contributed by atoms with E-state index < -0.39 is 0 Å². The zero-order valence-corrected chi connectivity index (χ0v) is 9.28. The van der Waals surface area contributed by atoms with E-state index in [4.69, 9.17) is 5.73 Å². The van der Waals surface area contributed by atoms with Gasteiger partial charge in [-0.2, -0.15) is 11.8 Å². The van der Waals surface area contributed by atoms with Crippen LogP contribution in [-0.4, -0.2) is 41.6 Å². The van der Waals surface area contributed by atoms with Crippen LogP contribution in [0.25, 0.3) is 0 Å². The molecule has 0 aromatic rings. The Hall–Kier alpha value is 0.270. The number of rotatable bonds is 2. The SMILES string of the molecule is CC1CSCCN(C2(CN)CC2)C1.